The van der Waals surface area contributed by atoms with Crippen molar-refractivity contribution < 1.29 is 4.79 Å². The second-order valence-electron chi connectivity index (χ2n) is 4.05. The molecule has 0 aliphatic carbocycles. The van der Waals surface area contributed by atoms with Gasteiger partial charge in [0.15, 0.2) is 0 Å². The Labute approximate surface area is 97.6 Å². The van der Waals surface area contributed by atoms with Gasteiger partial charge in [-0.1, -0.05) is 38.6 Å². The molecule has 1 unspecified atom stereocenters. The van der Waals surface area contributed by atoms with Gasteiger partial charge in [-0.05, 0) is 18.6 Å². The Hall–Kier alpha value is -1.57. The molecule has 2 rings (SSSR count). The number of rotatable bonds is 0. The standard InChI is InChI=1S/C13H15NO.CH4/c1-9-8-10(2)13(15)14(3)12-7-5-4-6-11(9)12;/h4-8,10H,1-3H3;1H4. The van der Waals surface area contributed by atoms with Crippen LogP contribution in [0.1, 0.15) is 26.8 Å². The monoisotopic (exact) mass is 217 g/mol. The van der Waals surface area contributed by atoms with Crippen molar-refractivity contribution in [2.75, 3.05) is 11.9 Å². The average Bonchev–Trinajstić information content (AvgIpc) is 2.33. The highest BCUT2D eigenvalue weighted by Gasteiger charge is 2.22. The zero-order chi connectivity index (χ0) is 11.0. The summed E-state index contributed by atoms with van der Waals surface area (Å²) >= 11 is 0. The van der Waals surface area contributed by atoms with Gasteiger partial charge in [0, 0.05) is 12.6 Å². The Morgan fingerprint density at radius 1 is 1.25 bits per heavy atom. The minimum absolute atomic E-state index is 0. The van der Waals surface area contributed by atoms with Crippen molar-refractivity contribution in [1.82, 2.24) is 0 Å². The van der Waals surface area contributed by atoms with Crippen LogP contribution in [-0.2, 0) is 4.79 Å². The van der Waals surface area contributed by atoms with Crippen LogP contribution < -0.4 is 4.90 Å². The van der Waals surface area contributed by atoms with Gasteiger partial charge in [0.25, 0.3) is 0 Å². The van der Waals surface area contributed by atoms with E-state index in [0.717, 1.165) is 11.3 Å². The van der Waals surface area contributed by atoms with Crippen LogP contribution in [0.3, 0.4) is 0 Å². The molecule has 1 aromatic carbocycles. The molecule has 1 aromatic rings. The molecule has 0 saturated heterocycles. The molecule has 2 heteroatoms. The minimum atomic E-state index is -0.0394. The molecule has 0 spiro atoms. The van der Waals surface area contributed by atoms with Crippen LogP contribution in [0.2, 0.25) is 0 Å². The third kappa shape index (κ3) is 1.87. The quantitative estimate of drug-likeness (QED) is 0.652. The fourth-order valence-electron chi connectivity index (χ4n) is 2.06. The number of hydrogen-bond acceptors (Lipinski definition) is 1. The highest BCUT2D eigenvalue weighted by Crippen LogP contribution is 2.31. The van der Waals surface area contributed by atoms with Crippen LogP contribution in [0, 0.1) is 5.92 Å². The van der Waals surface area contributed by atoms with E-state index in [-0.39, 0.29) is 19.3 Å². The predicted octanol–water partition coefficient (Wildman–Crippen LogP) is 3.34. The van der Waals surface area contributed by atoms with Gasteiger partial charge >= 0.3 is 0 Å². The van der Waals surface area contributed by atoms with Crippen LogP contribution in [0.15, 0.2) is 30.3 Å². The van der Waals surface area contributed by atoms with Gasteiger partial charge in [-0.25, -0.2) is 0 Å². The fraction of sp³-hybridized carbons (Fsp3) is 0.357. The summed E-state index contributed by atoms with van der Waals surface area (Å²) < 4.78 is 0. The fourth-order valence-corrected chi connectivity index (χ4v) is 2.06. The van der Waals surface area contributed by atoms with Gasteiger partial charge in [0.2, 0.25) is 5.91 Å². The molecule has 0 bridgehead atoms. The molecule has 1 aliphatic rings. The summed E-state index contributed by atoms with van der Waals surface area (Å²) in [5.74, 6) is 0.113. The second kappa shape index (κ2) is 4.52. The number of carbonyl (C=O) groups is 1. The van der Waals surface area contributed by atoms with Crippen molar-refractivity contribution in [3.8, 4) is 0 Å². The van der Waals surface area contributed by atoms with Crippen LogP contribution >= 0.6 is 0 Å². The number of para-hydroxylation sites is 1. The number of allylic oxidation sites excluding steroid dienone is 1. The molecular formula is C14H19NO. The molecule has 1 aliphatic heterocycles. The molecule has 2 nitrogen and oxygen atoms in total. The highest BCUT2D eigenvalue weighted by atomic mass is 16.2. The Morgan fingerprint density at radius 2 is 1.88 bits per heavy atom. The summed E-state index contributed by atoms with van der Waals surface area (Å²) in [6, 6.07) is 8.02. The Balaban J connectivity index is 0.00000128. The van der Waals surface area contributed by atoms with E-state index in [1.807, 2.05) is 38.2 Å². The third-order valence-electron chi connectivity index (χ3n) is 2.91. The number of benzene rings is 1. The topological polar surface area (TPSA) is 20.3 Å². The zero-order valence-electron chi connectivity index (χ0n) is 9.32. The van der Waals surface area contributed by atoms with Crippen LogP contribution in [0.25, 0.3) is 5.57 Å². The number of hydrogen-bond donors (Lipinski definition) is 0. The Bertz CT molecular complexity index is 434. The van der Waals surface area contributed by atoms with Crippen molar-refractivity contribution in [2.24, 2.45) is 5.92 Å². The minimum Gasteiger partial charge on any atom is -0.314 e. The molecule has 1 heterocycles. The maximum Gasteiger partial charge on any atom is 0.233 e. The first-order valence-corrected chi connectivity index (χ1v) is 5.16. The largest absolute Gasteiger partial charge is 0.314 e. The first-order valence-electron chi connectivity index (χ1n) is 5.16. The van der Waals surface area contributed by atoms with E-state index in [1.54, 1.807) is 4.90 Å². The molecule has 0 aromatic heterocycles. The normalized spacial score (nSPS) is 19.4. The SMILES string of the molecule is C.CC1=CC(C)C(=O)N(C)c2ccccc21. The summed E-state index contributed by atoms with van der Waals surface area (Å²) in [6.07, 6.45) is 2.03. The molecule has 16 heavy (non-hydrogen) atoms. The van der Waals surface area contributed by atoms with Crippen LogP contribution in [0.5, 0.6) is 0 Å². The van der Waals surface area contributed by atoms with E-state index in [4.69, 9.17) is 0 Å². The maximum atomic E-state index is 11.9. The number of amides is 1. The van der Waals surface area contributed by atoms with Crippen molar-refractivity contribution in [2.45, 2.75) is 21.3 Å². The summed E-state index contributed by atoms with van der Waals surface area (Å²) in [7, 11) is 1.84. The molecule has 1 atom stereocenters. The highest BCUT2D eigenvalue weighted by molar-refractivity contribution is 6.00. The lowest BCUT2D eigenvalue weighted by atomic mass is 10.0. The molecule has 0 radical (unpaired) electrons. The molecule has 0 fully saturated rings. The van der Waals surface area contributed by atoms with Gasteiger partial charge in [0.1, 0.15) is 0 Å². The van der Waals surface area contributed by atoms with Crippen molar-refractivity contribution in [3.05, 3.63) is 35.9 Å². The van der Waals surface area contributed by atoms with Gasteiger partial charge in [-0.3, -0.25) is 4.79 Å². The number of carbonyl (C=O) groups excluding carboxylic acids is 1. The predicted molar refractivity (Wildman–Crippen MR) is 69.4 cm³/mol. The van der Waals surface area contributed by atoms with Crippen molar-refractivity contribution in [1.29, 1.82) is 0 Å². The third-order valence-corrected chi connectivity index (χ3v) is 2.91. The van der Waals surface area contributed by atoms with Crippen LogP contribution in [-0.4, -0.2) is 13.0 Å². The van der Waals surface area contributed by atoms with E-state index >= 15 is 0 Å². The lowest BCUT2D eigenvalue weighted by Gasteiger charge is -2.19. The van der Waals surface area contributed by atoms with E-state index in [9.17, 15) is 4.79 Å². The molecule has 86 valence electrons. The van der Waals surface area contributed by atoms with E-state index in [2.05, 4.69) is 13.0 Å². The summed E-state index contributed by atoms with van der Waals surface area (Å²) in [6.45, 7) is 4.00. The molecular weight excluding hydrogens is 198 g/mol. The number of nitrogens with zero attached hydrogens (tertiary/aromatic N) is 1. The Kier molecular flexibility index (Phi) is 3.53. The van der Waals surface area contributed by atoms with Crippen LogP contribution in [0.4, 0.5) is 5.69 Å². The van der Waals surface area contributed by atoms with E-state index in [1.165, 1.54) is 5.57 Å². The van der Waals surface area contributed by atoms with Gasteiger partial charge < -0.3 is 4.90 Å². The second-order valence-corrected chi connectivity index (χ2v) is 4.05. The van der Waals surface area contributed by atoms with Gasteiger partial charge in [0.05, 0.1) is 11.6 Å². The number of fused-ring (bicyclic) bond motifs is 1. The van der Waals surface area contributed by atoms with Gasteiger partial charge in [-0.2, -0.15) is 0 Å². The first kappa shape index (κ1) is 12.5. The summed E-state index contributed by atoms with van der Waals surface area (Å²) in [5, 5.41) is 0. The van der Waals surface area contributed by atoms with Crippen molar-refractivity contribution >= 4 is 17.2 Å². The van der Waals surface area contributed by atoms with Gasteiger partial charge in [-0.15, -0.1) is 0 Å². The van der Waals surface area contributed by atoms with Crippen molar-refractivity contribution in [3.63, 3.8) is 0 Å². The molecule has 0 saturated carbocycles. The van der Waals surface area contributed by atoms with E-state index in [0.29, 0.717) is 0 Å². The number of anilines is 1. The maximum absolute atomic E-state index is 11.9. The molecule has 1 amide bonds. The van der Waals surface area contributed by atoms with E-state index < -0.39 is 0 Å². The lowest BCUT2D eigenvalue weighted by Crippen LogP contribution is -2.30. The summed E-state index contributed by atoms with van der Waals surface area (Å²) in [4.78, 5) is 13.7. The average molecular weight is 217 g/mol. The zero-order valence-corrected chi connectivity index (χ0v) is 9.32. The first-order chi connectivity index (χ1) is 7.11. The molecule has 0 N–H and O–H groups in total. The lowest BCUT2D eigenvalue weighted by molar-refractivity contribution is -0.120. The summed E-state index contributed by atoms with van der Waals surface area (Å²) in [5.41, 5.74) is 3.33. The smallest absolute Gasteiger partial charge is 0.233 e. The Morgan fingerprint density at radius 3 is 2.56 bits per heavy atom.